The Hall–Kier alpha value is -0.222. The minimum Gasteiger partial charge on any atom is -0.455 e. The van der Waals surface area contributed by atoms with Crippen molar-refractivity contribution in [1.29, 1.82) is 0 Å². The Morgan fingerprint density at radius 2 is 1.49 bits per heavy atom. The Kier molecular flexibility index (Phi) is 19.7. The molecule has 12 heteroatoms. The van der Waals surface area contributed by atoms with Crippen molar-refractivity contribution in [3.63, 3.8) is 0 Å². The summed E-state index contributed by atoms with van der Waals surface area (Å²) in [6.07, 6.45) is 4.38. The van der Waals surface area contributed by atoms with Crippen molar-refractivity contribution in [3.05, 3.63) is 0 Å². The summed E-state index contributed by atoms with van der Waals surface area (Å²) >= 11 is 0. The second-order valence-corrected chi connectivity index (χ2v) is 26.1. The minimum absolute atomic E-state index is 0.0999. The van der Waals surface area contributed by atoms with Gasteiger partial charge in [-0.1, -0.05) is 13.8 Å². The molecule has 0 aliphatic rings. The Morgan fingerprint density at radius 3 is 2.03 bits per heavy atom. The number of amides is 1. The van der Waals surface area contributed by atoms with E-state index in [1.54, 1.807) is 7.11 Å². The van der Waals surface area contributed by atoms with Gasteiger partial charge in [-0.3, -0.25) is 4.79 Å². The highest BCUT2D eigenvalue weighted by molar-refractivity contribution is 6.94. The smallest absolute Gasteiger partial charge is 0.275 e. The molecule has 37 heavy (non-hydrogen) atoms. The van der Waals surface area contributed by atoms with E-state index in [0.717, 1.165) is 55.9 Å². The van der Waals surface area contributed by atoms with Crippen LogP contribution in [0.2, 0.25) is 49.1 Å². The third-order valence-electron chi connectivity index (χ3n) is 6.42. The molecule has 0 heterocycles. The van der Waals surface area contributed by atoms with Crippen molar-refractivity contribution >= 4 is 39.9 Å². The predicted molar refractivity (Wildman–Crippen MR) is 159 cm³/mol. The van der Waals surface area contributed by atoms with Crippen LogP contribution in [0.5, 0.6) is 0 Å². The largest absolute Gasteiger partial charge is 0.455 e. The molecule has 1 amide bonds. The van der Waals surface area contributed by atoms with Crippen LogP contribution in [0, 0.1) is 0 Å². The summed E-state index contributed by atoms with van der Waals surface area (Å²) in [5.74, 6) is 0.0999. The van der Waals surface area contributed by atoms with Gasteiger partial charge in [-0.05, 0) is 63.5 Å². The molecular formula is C25H57N2O6Si4+. The Bertz CT molecular complexity index is 656. The van der Waals surface area contributed by atoms with E-state index < -0.39 is 34.0 Å². The van der Waals surface area contributed by atoms with Crippen LogP contribution in [0.3, 0.4) is 0 Å². The second-order valence-electron chi connectivity index (χ2n) is 11.8. The van der Waals surface area contributed by atoms with Gasteiger partial charge in [0.25, 0.3) is 17.4 Å². The lowest BCUT2D eigenvalue weighted by atomic mass is 10.1. The molecule has 0 atom stereocenters. The number of methoxy groups -OCH3 is 1. The molecule has 0 saturated carbocycles. The molecule has 0 rings (SSSR count). The van der Waals surface area contributed by atoms with E-state index in [4.69, 9.17) is 13.6 Å². The van der Waals surface area contributed by atoms with Gasteiger partial charge in [0, 0.05) is 31.4 Å². The number of nitrogens with one attached hydrogen (secondary N) is 1. The molecule has 0 bridgehead atoms. The van der Waals surface area contributed by atoms with E-state index >= 15 is 0 Å². The fourth-order valence-corrected chi connectivity index (χ4v) is 23.5. The average molecular weight is 594 g/mol. The van der Waals surface area contributed by atoms with Crippen LogP contribution in [-0.2, 0) is 27.3 Å². The molecule has 218 valence electrons. The number of carbonyl (C=O) groups is 1. The van der Waals surface area contributed by atoms with Gasteiger partial charge in [-0.2, -0.15) is 0 Å². The highest BCUT2D eigenvalue weighted by Gasteiger charge is 2.42. The molecular weight excluding hydrogens is 537 g/mol. The summed E-state index contributed by atoms with van der Waals surface area (Å²) in [4.78, 5) is 12.4. The second kappa shape index (κ2) is 19.8. The molecule has 0 aromatic heterocycles. The Labute approximate surface area is 232 Å². The Morgan fingerprint density at radius 1 is 0.865 bits per heavy atom. The van der Waals surface area contributed by atoms with Crippen LogP contribution < -0.4 is 5.32 Å². The van der Waals surface area contributed by atoms with E-state index in [0.29, 0.717) is 49.6 Å². The minimum atomic E-state index is -2.38. The van der Waals surface area contributed by atoms with Crippen molar-refractivity contribution in [1.82, 2.24) is 5.32 Å². The first kappa shape index (κ1) is 36.8. The van der Waals surface area contributed by atoms with Gasteiger partial charge in [-0.25, -0.2) is 0 Å². The SMILES string of the molecule is CC[Si](=O)C[Si](CCCNC(=O)CCCCC[N+](C)(C)CCOCCOC)(C[Si](=O)CC)O[Si](C)(C)C. The number of hydrogen-bond acceptors (Lipinski definition) is 6. The van der Waals surface area contributed by atoms with Crippen molar-refractivity contribution in [2.75, 3.05) is 60.7 Å². The van der Waals surface area contributed by atoms with Crippen LogP contribution in [0.1, 0.15) is 46.0 Å². The maximum absolute atomic E-state index is 12.6. The fourth-order valence-electron chi connectivity index (χ4n) is 4.38. The van der Waals surface area contributed by atoms with Gasteiger partial charge in [0.05, 0.1) is 40.5 Å². The third kappa shape index (κ3) is 20.4. The van der Waals surface area contributed by atoms with Gasteiger partial charge in [0.2, 0.25) is 5.91 Å². The van der Waals surface area contributed by atoms with Crippen LogP contribution in [0.25, 0.3) is 0 Å². The molecule has 0 fully saturated rings. The molecule has 0 aromatic carbocycles. The average Bonchev–Trinajstić information content (AvgIpc) is 2.80. The summed E-state index contributed by atoms with van der Waals surface area (Å²) in [7, 11) is -1.56. The molecule has 8 nitrogen and oxygen atoms in total. The zero-order valence-corrected chi connectivity index (χ0v) is 29.2. The monoisotopic (exact) mass is 593 g/mol. The first-order chi connectivity index (χ1) is 17.3. The third-order valence-corrected chi connectivity index (χ3v) is 21.8. The van der Waals surface area contributed by atoms with Crippen molar-refractivity contribution in [2.45, 2.75) is 95.1 Å². The molecule has 0 spiro atoms. The Balaban J connectivity index is 4.47. The topological polar surface area (TPSA) is 90.9 Å². The molecule has 1 N–H and O–H groups in total. The predicted octanol–water partition coefficient (Wildman–Crippen LogP) is 4.55. The molecule has 0 unspecified atom stereocenters. The summed E-state index contributed by atoms with van der Waals surface area (Å²) < 4.78 is 43.5. The summed E-state index contributed by atoms with van der Waals surface area (Å²) in [6.45, 7) is 15.1. The van der Waals surface area contributed by atoms with Crippen molar-refractivity contribution in [3.8, 4) is 0 Å². The number of unbranched alkanes of at least 4 members (excludes halogenated alkanes) is 2. The number of carbonyl (C=O) groups excluding carboxylic acids is 1. The molecule has 0 radical (unpaired) electrons. The lowest BCUT2D eigenvalue weighted by Gasteiger charge is -2.37. The highest BCUT2D eigenvalue weighted by Crippen LogP contribution is 2.29. The van der Waals surface area contributed by atoms with Gasteiger partial charge in [0.1, 0.15) is 6.54 Å². The summed E-state index contributed by atoms with van der Waals surface area (Å²) in [6, 6.07) is 2.18. The molecule has 0 saturated heterocycles. The standard InChI is InChI=1S/C25H56N2O6Si4/c1-9-34(29)23-37(24-35(30)10-2,33-36(6,7)8)22-14-16-26-25(28)15-12-11-13-17-27(3,4)18-19-32-21-20-31-5/h9-24H2,1-8H3/p+1. The molecule has 0 aliphatic heterocycles. The van der Waals surface area contributed by atoms with Gasteiger partial charge < -0.3 is 32.3 Å². The highest BCUT2D eigenvalue weighted by atomic mass is 28.5. The number of ether oxygens (including phenoxy) is 2. The lowest BCUT2D eigenvalue weighted by Crippen LogP contribution is -2.50. The fraction of sp³-hybridized carbons (Fsp3) is 0.960. The van der Waals surface area contributed by atoms with E-state index in [-0.39, 0.29) is 5.91 Å². The zero-order chi connectivity index (χ0) is 28.4. The van der Waals surface area contributed by atoms with E-state index in [1.165, 1.54) is 0 Å². The van der Waals surface area contributed by atoms with Crippen LogP contribution >= 0.6 is 0 Å². The summed E-state index contributed by atoms with van der Waals surface area (Å²) in [5, 5.41) is 3.07. The maximum Gasteiger partial charge on any atom is 0.275 e. The van der Waals surface area contributed by atoms with Crippen molar-refractivity contribution < 1.29 is 31.8 Å². The number of nitrogens with zero attached hydrogens (tertiary/aromatic N) is 1. The zero-order valence-electron chi connectivity index (χ0n) is 25.2. The number of quaternary nitrogens is 1. The molecule has 0 aromatic rings. The lowest BCUT2D eigenvalue weighted by molar-refractivity contribution is -0.891. The van der Waals surface area contributed by atoms with E-state index in [2.05, 4.69) is 39.1 Å². The quantitative estimate of drug-likeness (QED) is 0.100. The normalized spacial score (nSPS) is 12.5. The molecule has 0 aliphatic carbocycles. The van der Waals surface area contributed by atoms with E-state index in [9.17, 15) is 13.7 Å². The first-order valence-electron chi connectivity index (χ1n) is 14.2. The van der Waals surface area contributed by atoms with E-state index in [1.807, 2.05) is 13.8 Å². The van der Waals surface area contributed by atoms with Crippen LogP contribution in [0.15, 0.2) is 0 Å². The van der Waals surface area contributed by atoms with Gasteiger partial charge in [0.15, 0.2) is 16.6 Å². The maximum atomic E-state index is 12.6. The number of hydrogen-bond donors (Lipinski definition) is 1. The van der Waals surface area contributed by atoms with Gasteiger partial charge >= 0.3 is 0 Å². The van der Waals surface area contributed by atoms with Crippen LogP contribution in [-0.4, -0.2) is 105 Å². The summed E-state index contributed by atoms with van der Waals surface area (Å²) in [5.41, 5.74) is 1.27. The van der Waals surface area contributed by atoms with Crippen molar-refractivity contribution in [2.24, 2.45) is 0 Å². The van der Waals surface area contributed by atoms with Crippen LogP contribution in [0.4, 0.5) is 0 Å². The first-order valence-corrected chi connectivity index (χ1v) is 23.8. The number of likely N-dealkylation sites (N-methyl/N-ethyl adjacent to an activating group) is 1. The van der Waals surface area contributed by atoms with Gasteiger partial charge in [-0.15, -0.1) is 0 Å². The number of rotatable bonds is 24.